The predicted molar refractivity (Wildman–Crippen MR) is 104 cm³/mol. The lowest BCUT2D eigenvalue weighted by atomic mass is 10.0. The number of thioether (sulfide) groups is 1. The van der Waals surface area contributed by atoms with Gasteiger partial charge in [0.1, 0.15) is 6.04 Å². The number of halogens is 3. The first-order valence-corrected chi connectivity index (χ1v) is 9.69. The Morgan fingerprint density at radius 3 is 2.68 bits per heavy atom. The average Bonchev–Trinajstić information content (AvgIpc) is 3.33. The molecule has 1 aromatic heterocycles. The summed E-state index contributed by atoms with van der Waals surface area (Å²) in [6.45, 7) is 0. The second-order valence-corrected chi connectivity index (χ2v) is 7.37. The Morgan fingerprint density at radius 2 is 2.13 bits per heavy atom. The molecule has 0 unspecified atom stereocenters. The highest BCUT2D eigenvalue weighted by Crippen LogP contribution is 2.26. The van der Waals surface area contributed by atoms with Gasteiger partial charge in [-0.1, -0.05) is 0 Å². The van der Waals surface area contributed by atoms with E-state index in [9.17, 15) is 28.1 Å². The van der Waals surface area contributed by atoms with Crippen LogP contribution in [-0.2, 0) is 16.0 Å². The first-order chi connectivity index (χ1) is 14.5. The number of nitro benzene ring substituents is 1. The molecule has 0 saturated carbocycles. The Morgan fingerprint density at radius 1 is 1.48 bits per heavy atom. The molecule has 2 heterocycles. The predicted octanol–water partition coefficient (Wildman–Crippen LogP) is 2.00. The summed E-state index contributed by atoms with van der Waals surface area (Å²) < 4.78 is 31.7. The molecule has 1 aromatic carbocycles. The highest BCUT2D eigenvalue weighted by molar-refractivity contribution is 7.99. The molecule has 3 rings (SSSR count). The summed E-state index contributed by atoms with van der Waals surface area (Å²) >= 11 is 1.52. The Hall–Kier alpha value is -3.31. The zero-order valence-electron chi connectivity index (χ0n) is 15.6. The van der Waals surface area contributed by atoms with Gasteiger partial charge in [0.25, 0.3) is 5.69 Å². The number of hydrogen-bond acceptors (Lipinski definition) is 7. The number of benzene rings is 1. The standard InChI is InChI=1S/C15H15N5O3S.C2HF3O2/c16-5-11-7-24-8-19(11)15(21)13(17)3-9-6-18-14-2-1-10(20(22)23)4-12(9)14;3-2(4,5)1(6)7/h1-2,4,6,11,13,18H,3,7-8,17H2;(H,6,7)/t11-,13-;/m0./s1. The van der Waals surface area contributed by atoms with Crippen LogP contribution in [0.2, 0.25) is 0 Å². The van der Waals surface area contributed by atoms with Crippen LogP contribution in [0.5, 0.6) is 0 Å². The minimum Gasteiger partial charge on any atom is -0.475 e. The van der Waals surface area contributed by atoms with Gasteiger partial charge in [-0.05, 0) is 18.1 Å². The summed E-state index contributed by atoms with van der Waals surface area (Å²) in [4.78, 5) is 36.4. The van der Waals surface area contributed by atoms with E-state index in [1.807, 2.05) is 0 Å². The maximum atomic E-state index is 12.5. The number of carboxylic acid groups (broad SMARTS) is 1. The third-order valence-corrected chi connectivity index (χ3v) is 5.29. The number of nitrogens with zero attached hydrogens (tertiary/aromatic N) is 3. The number of hydrogen-bond donors (Lipinski definition) is 3. The summed E-state index contributed by atoms with van der Waals surface area (Å²) in [7, 11) is 0. The molecule has 166 valence electrons. The van der Waals surface area contributed by atoms with Crippen LogP contribution in [0.3, 0.4) is 0 Å². The third-order valence-electron chi connectivity index (χ3n) is 4.28. The second kappa shape index (κ2) is 9.67. The third kappa shape index (κ3) is 5.86. The van der Waals surface area contributed by atoms with Crippen molar-refractivity contribution in [3.63, 3.8) is 0 Å². The summed E-state index contributed by atoms with van der Waals surface area (Å²) in [5.41, 5.74) is 7.52. The molecule has 4 N–H and O–H groups in total. The van der Waals surface area contributed by atoms with E-state index in [0.29, 0.717) is 17.0 Å². The molecule has 0 spiro atoms. The molecule has 0 radical (unpaired) electrons. The molecule has 1 saturated heterocycles. The number of aromatic amines is 1. The van der Waals surface area contributed by atoms with Gasteiger partial charge in [0.05, 0.1) is 22.9 Å². The highest BCUT2D eigenvalue weighted by atomic mass is 32.2. The van der Waals surface area contributed by atoms with Crippen LogP contribution in [0.15, 0.2) is 24.4 Å². The Kier molecular flexibility index (Phi) is 7.47. The summed E-state index contributed by atoms with van der Waals surface area (Å²) in [6, 6.07) is 5.40. The molecule has 1 amide bonds. The SMILES string of the molecule is N#C[C@H]1CSCN1C(=O)[C@@H](N)Cc1c[nH]c2ccc([N+](=O)[O-])cc12.O=C(O)C(F)(F)F. The molecule has 1 fully saturated rings. The molecular formula is C17H16F3N5O5S. The number of carbonyl (C=O) groups is 2. The second-order valence-electron chi connectivity index (χ2n) is 6.37. The topological polar surface area (TPSA) is 166 Å². The molecule has 2 atom stereocenters. The number of amides is 1. The van der Waals surface area contributed by atoms with Crippen molar-refractivity contribution >= 4 is 40.2 Å². The number of H-pyrrole nitrogens is 1. The first kappa shape index (κ1) is 24.0. The molecular weight excluding hydrogens is 443 g/mol. The zero-order chi connectivity index (χ0) is 23.3. The number of aromatic nitrogens is 1. The van der Waals surface area contributed by atoms with Crippen molar-refractivity contribution < 1.29 is 32.8 Å². The zero-order valence-corrected chi connectivity index (χ0v) is 16.4. The fourth-order valence-corrected chi connectivity index (χ4v) is 3.84. The quantitative estimate of drug-likeness (QED) is 0.461. The number of non-ortho nitro benzene ring substituents is 1. The molecule has 14 heteroatoms. The Balaban J connectivity index is 0.000000423. The fraction of sp³-hybridized carbons (Fsp3) is 0.353. The number of nitrogens with one attached hydrogen (secondary N) is 1. The van der Waals surface area contributed by atoms with E-state index in [2.05, 4.69) is 11.1 Å². The number of nitriles is 1. The van der Waals surface area contributed by atoms with Crippen LogP contribution in [-0.4, -0.2) is 61.7 Å². The van der Waals surface area contributed by atoms with Crippen molar-refractivity contribution in [2.75, 3.05) is 11.6 Å². The lowest BCUT2D eigenvalue weighted by molar-refractivity contribution is -0.384. The van der Waals surface area contributed by atoms with Gasteiger partial charge in [-0.3, -0.25) is 14.9 Å². The van der Waals surface area contributed by atoms with Crippen LogP contribution in [0.1, 0.15) is 5.56 Å². The normalized spacial score (nSPS) is 16.9. The summed E-state index contributed by atoms with van der Waals surface area (Å²) in [6.07, 6.45) is -3.12. The van der Waals surface area contributed by atoms with Crippen molar-refractivity contribution in [1.82, 2.24) is 9.88 Å². The number of nitro groups is 1. The molecule has 0 bridgehead atoms. The van der Waals surface area contributed by atoms with Crippen LogP contribution in [0, 0.1) is 21.4 Å². The van der Waals surface area contributed by atoms with Crippen molar-refractivity contribution in [1.29, 1.82) is 5.26 Å². The van der Waals surface area contributed by atoms with Crippen molar-refractivity contribution in [2.24, 2.45) is 5.73 Å². The maximum Gasteiger partial charge on any atom is 0.490 e. The highest BCUT2D eigenvalue weighted by Gasteiger charge is 2.38. The minimum absolute atomic E-state index is 0.0104. The van der Waals surface area contributed by atoms with E-state index in [-0.39, 0.29) is 18.0 Å². The number of fused-ring (bicyclic) bond motifs is 1. The van der Waals surface area contributed by atoms with Crippen LogP contribution in [0.25, 0.3) is 10.9 Å². The van der Waals surface area contributed by atoms with E-state index >= 15 is 0 Å². The van der Waals surface area contributed by atoms with Crippen LogP contribution >= 0.6 is 11.8 Å². The summed E-state index contributed by atoms with van der Waals surface area (Å²) in [5, 5.41) is 27.8. The van der Waals surface area contributed by atoms with Gasteiger partial charge in [0, 0.05) is 35.0 Å². The smallest absolute Gasteiger partial charge is 0.475 e. The molecule has 31 heavy (non-hydrogen) atoms. The first-order valence-electron chi connectivity index (χ1n) is 8.53. The van der Waals surface area contributed by atoms with Gasteiger partial charge in [0.15, 0.2) is 0 Å². The average molecular weight is 459 g/mol. The number of nitrogens with two attached hydrogens (primary N) is 1. The van der Waals surface area contributed by atoms with E-state index in [0.717, 1.165) is 11.1 Å². The number of carboxylic acids is 1. The number of aliphatic carboxylic acids is 1. The fourth-order valence-electron chi connectivity index (χ4n) is 2.75. The lowest BCUT2D eigenvalue weighted by Crippen LogP contribution is -2.47. The van der Waals surface area contributed by atoms with E-state index < -0.39 is 29.2 Å². The van der Waals surface area contributed by atoms with Crippen molar-refractivity contribution in [3.05, 3.63) is 40.1 Å². The minimum atomic E-state index is -5.08. The largest absolute Gasteiger partial charge is 0.490 e. The molecule has 0 aliphatic carbocycles. The van der Waals surface area contributed by atoms with E-state index in [1.54, 1.807) is 12.3 Å². The number of alkyl halides is 3. The van der Waals surface area contributed by atoms with Gasteiger partial charge >= 0.3 is 12.1 Å². The Labute approximate surface area is 176 Å². The van der Waals surface area contributed by atoms with Gasteiger partial charge in [-0.25, -0.2) is 4.79 Å². The number of rotatable bonds is 4. The lowest BCUT2D eigenvalue weighted by Gasteiger charge is -2.22. The van der Waals surface area contributed by atoms with E-state index in [1.165, 1.54) is 28.8 Å². The number of carbonyl (C=O) groups excluding carboxylic acids is 1. The molecule has 1 aliphatic rings. The van der Waals surface area contributed by atoms with Gasteiger partial charge in [0.2, 0.25) is 5.91 Å². The van der Waals surface area contributed by atoms with Crippen molar-refractivity contribution in [3.8, 4) is 6.07 Å². The van der Waals surface area contributed by atoms with Gasteiger partial charge in [-0.15, -0.1) is 11.8 Å². The van der Waals surface area contributed by atoms with Gasteiger partial charge < -0.3 is 20.7 Å². The van der Waals surface area contributed by atoms with E-state index in [4.69, 9.17) is 20.9 Å². The monoisotopic (exact) mass is 459 g/mol. The summed E-state index contributed by atoms with van der Waals surface area (Å²) in [5.74, 6) is -1.97. The maximum absolute atomic E-state index is 12.5. The van der Waals surface area contributed by atoms with Gasteiger partial charge in [-0.2, -0.15) is 18.4 Å². The molecule has 10 nitrogen and oxygen atoms in total. The molecule has 1 aliphatic heterocycles. The van der Waals surface area contributed by atoms with Crippen LogP contribution < -0.4 is 5.73 Å². The van der Waals surface area contributed by atoms with Crippen LogP contribution in [0.4, 0.5) is 18.9 Å². The van der Waals surface area contributed by atoms with Crippen molar-refractivity contribution in [2.45, 2.75) is 24.7 Å². The molecule has 2 aromatic rings. The Bertz CT molecular complexity index is 1040.